The summed E-state index contributed by atoms with van der Waals surface area (Å²) in [5, 5.41) is 2.71. The van der Waals surface area contributed by atoms with Gasteiger partial charge in [-0.15, -0.1) is 0 Å². The van der Waals surface area contributed by atoms with E-state index in [1.807, 2.05) is 44.3 Å². The van der Waals surface area contributed by atoms with E-state index in [0.29, 0.717) is 56.2 Å². The van der Waals surface area contributed by atoms with Crippen LogP contribution in [0.5, 0.6) is 11.5 Å². The first-order valence-electron chi connectivity index (χ1n) is 19.0. The molecule has 1 aliphatic rings. The van der Waals surface area contributed by atoms with Crippen LogP contribution in [0.1, 0.15) is 83.4 Å². The quantitative estimate of drug-likeness (QED) is 0.0828. The fourth-order valence-electron chi connectivity index (χ4n) is 6.76. The Balaban J connectivity index is 1.45. The monoisotopic (exact) mass is 744 g/mol. The molecule has 0 radical (unpaired) electrons. The molecule has 54 heavy (non-hydrogen) atoms. The van der Waals surface area contributed by atoms with Gasteiger partial charge in [-0.1, -0.05) is 52.7 Å². The highest BCUT2D eigenvalue weighted by molar-refractivity contribution is 5.86. The van der Waals surface area contributed by atoms with Gasteiger partial charge in [0.25, 0.3) is 0 Å². The molecule has 0 spiro atoms. The standard InChI is InChI=1S/C41H56N6O7/c1-8-9-11-27(4)38-42-24-32(44-38)28-13-15-30(35(22-28)53-20-18-50-5)31-16-14-29(23-36(31)54-21-19-51-6)33-25-43-39(45-33)34-12-10-17-47(34)40(48)37(26(2)3)46-41(49)52-7/h13-16,22-27,34,37H,8-12,17-21H2,1-7H3,(H,42,44)(H,43,45)(H,46,49)/t27-,34-,37-/m0/s1. The van der Waals surface area contributed by atoms with Crippen LogP contribution in [0.2, 0.25) is 0 Å². The van der Waals surface area contributed by atoms with E-state index >= 15 is 0 Å². The van der Waals surface area contributed by atoms with Gasteiger partial charge in [0.15, 0.2) is 0 Å². The van der Waals surface area contributed by atoms with Crippen molar-refractivity contribution >= 4 is 12.0 Å². The van der Waals surface area contributed by atoms with E-state index in [9.17, 15) is 9.59 Å². The number of methoxy groups -OCH3 is 3. The zero-order valence-corrected chi connectivity index (χ0v) is 32.7. The third-order valence-electron chi connectivity index (χ3n) is 9.86. The number of aromatic amines is 2. The van der Waals surface area contributed by atoms with Gasteiger partial charge in [-0.3, -0.25) is 4.79 Å². The number of ether oxygens (including phenoxy) is 5. The van der Waals surface area contributed by atoms with Crippen molar-refractivity contribution in [3.8, 4) is 45.1 Å². The number of nitrogens with zero attached hydrogens (tertiary/aromatic N) is 3. The molecule has 13 heteroatoms. The van der Waals surface area contributed by atoms with Gasteiger partial charge in [0.05, 0.1) is 50.1 Å². The molecule has 1 fully saturated rings. The normalized spacial score (nSPS) is 15.3. The van der Waals surface area contributed by atoms with Crippen molar-refractivity contribution in [1.82, 2.24) is 30.2 Å². The minimum absolute atomic E-state index is 0.121. The number of nitrogens with one attached hydrogen (secondary N) is 3. The number of benzene rings is 2. The van der Waals surface area contributed by atoms with Crippen LogP contribution in [-0.2, 0) is 19.0 Å². The SMILES string of the molecule is CCCC[C@H](C)c1ncc(-c2ccc(-c3ccc(-c4cnc([C@@H]5CCCN5C(=O)[C@@H](NC(=O)OC)C(C)C)[nH]4)cc3OCCOC)c(OCCOC)c2)[nH]1. The van der Waals surface area contributed by atoms with E-state index in [1.165, 1.54) is 7.11 Å². The third-order valence-corrected chi connectivity index (χ3v) is 9.86. The molecule has 3 heterocycles. The fourth-order valence-corrected chi connectivity index (χ4v) is 6.76. The van der Waals surface area contributed by atoms with Gasteiger partial charge in [0.2, 0.25) is 5.91 Å². The molecule has 1 saturated heterocycles. The molecule has 3 N–H and O–H groups in total. The number of alkyl carbamates (subject to hydrolysis) is 1. The number of hydrogen-bond donors (Lipinski definition) is 3. The second kappa shape index (κ2) is 19.4. The number of rotatable bonds is 19. The van der Waals surface area contributed by atoms with Crippen molar-refractivity contribution in [1.29, 1.82) is 0 Å². The molecule has 2 amide bonds. The van der Waals surface area contributed by atoms with Gasteiger partial charge in [-0.2, -0.15) is 0 Å². The Labute approximate surface area is 318 Å². The molecule has 2 aromatic heterocycles. The third kappa shape index (κ3) is 9.80. The first kappa shape index (κ1) is 40.3. The smallest absolute Gasteiger partial charge is 0.407 e. The van der Waals surface area contributed by atoms with Crippen molar-refractivity contribution in [3.63, 3.8) is 0 Å². The number of carbonyl (C=O) groups excluding carboxylic acids is 2. The molecule has 0 bridgehead atoms. The van der Waals surface area contributed by atoms with Crippen molar-refractivity contribution < 1.29 is 33.3 Å². The molecule has 13 nitrogen and oxygen atoms in total. The van der Waals surface area contributed by atoms with Gasteiger partial charge in [-0.25, -0.2) is 14.8 Å². The molecule has 292 valence electrons. The second-order valence-corrected chi connectivity index (χ2v) is 14.1. The van der Waals surface area contributed by atoms with Crippen LogP contribution in [0.3, 0.4) is 0 Å². The molecule has 0 unspecified atom stereocenters. The molecule has 1 aliphatic heterocycles. The number of unbranched alkanes of at least 4 members (excludes halogenated alkanes) is 1. The highest BCUT2D eigenvalue weighted by Crippen LogP contribution is 2.41. The van der Waals surface area contributed by atoms with Crippen LogP contribution in [-0.4, -0.2) is 97.2 Å². The van der Waals surface area contributed by atoms with E-state index in [-0.39, 0.29) is 17.9 Å². The van der Waals surface area contributed by atoms with Crippen molar-refractivity contribution in [3.05, 3.63) is 60.4 Å². The summed E-state index contributed by atoms with van der Waals surface area (Å²) in [6.07, 6.45) is 8.03. The number of aromatic nitrogens is 4. The first-order chi connectivity index (χ1) is 26.2. The molecular weight excluding hydrogens is 688 g/mol. The maximum atomic E-state index is 13.7. The molecule has 0 saturated carbocycles. The second-order valence-electron chi connectivity index (χ2n) is 14.1. The van der Waals surface area contributed by atoms with Gasteiger partial charge in [0.1, 0.15) is 42.4 Å². The van der Waals surface area contributed by atoms with E-state index < -0.39 is 12.1 Å². The van der Waals surface area contributed by atoms with Gasteiger partial charge >= 0.3 is 6.09 Å². The average Bonchev–Trinajstić information content (AvgIpc) is 3.98. The predicted octanol–water partition coefficient (Wildman–Crippen LogP) is 7.52. The molecular formula is C41H56N6O7. The van der Waals surface area contributed by atoms with E-state index in [4.69, 9.17) is 33.7 Å². The number of carbonyl (C=O) groups is 2. The van der Waals surface area contributed by atoms with Gasteiger partial charge in [0, 0.05) is 48.9 Å². The zero-order chi connectivity index (χ0) is 38.6. The Bertz CT molecular complexity index is 1820. The number of likely N-dealkylation sites (tertiary alicyclic amines) is 1. The lowest BCUT2D eigenvalue weighted by atomic mass is 9.98. The van der Waals surface area contributed by atoms with Crippen LogP contribution in [0.15, 0.2) is 48.8 Å². The number of amides is 2. The van der Waals surface area contributed by atoms with Crippen LogP contribution in [0, 0.1) is 5.92 Å². The lowest BCUT2D eigenvalue weighted by Crippen LogP contribution is -2.51. The van der Waals surface area contributed by atoms with Gasteiger partial charge in [-0.05, 0) is 49.4 Å². The van der Waals surface area contributed by atoms with Crippen molar-refractivity contribution in [2.75, 3.05) is 54.3 Å². The maximum Gasteiger partial charge on any atom is 0.407 e. The summed E-state index contributed by atoms with van der Waals surface area (Å²) >= 11 is 0. The van der Waals surface area contributed by atoms with Crippen LogP contribution >= 0.6 is 0 Å². The number of imidazole rings is 2. The highest BCUT2D eigenvalue weighted by atomic mass is 16.5. The summed E-state index contributed by atoms with van der Waals surface area (Å²) in [5.74, 6) is 3.10. The molecule has 2 aromatic carbocycles. The molecule has 0 aliphatic carbocycles. The minimum Gasteiger partial charge on any atom is -0.491 e. The first-order valence-corrected chi connectivity index (χ1v) is 19.0. The summed E-state index contributed by atoms with van der Waals surface area (Å²) in [7, 11) is 4.59. The Morgan fingerprint density at radius 2 is 1.48 bits per heavy atom. The van der Waals surface area contributed by atoms with Crippen molar-refractivity contribution in [2.24, 2.45) is 5.92 Å². The van der Waals surface area contributed by atoms with E-state index in [2.05, 4.69) is 41.3 Å². The molecule has 5 rings (SSSR count). The maximum absolute atomic E-state index is 13.7. The highest BCUT2D eigenvalue weighted by Gasteiger charge is 2.37. The minimum atomic E-state index is -0.708. The van der Waals surface area contributed by atoms with Crippen molar-refractivity contribution in [2.45, 2.75) is 77.8 Å². The number of hydrogen-bond acceptors (Lipinski definition) is 9. The lowest BCUT2D eigenvalue weighted by Gasteiger charge is -2.30. The van der Waals surface area contributed by atoms with Crippen LogP contribution in [0.25, 0.3) is 33.6 Å². The van der Waals surface area contributed by atoms with E-state index in [1.54, 1.807) is 25.3 Å². The summed E-state index contributed by atoms with van der Waals surface area (Å²) in [6, 6.07) is 11.2. The zero-order valence-electron chi connectivity index (χ0n) is 32.7. The predicted molar refractivity (Wildman–Crippen MR) is 208 cm³/mol. The fraction of sp³-hybridized carbons (Fsp3) is 0.512. The Morgan fingerprint density at radius 3 is 2.06 bits per heavy atom. The Hall–Kier alpha value is -4.88. The number of H-pyrrole nitrogens is 2. The van der Waals surface area contributed by atoms with E-state index in [0.717, 1.165) is 71.6 Å². The Kier molecular flexibility index (Phi) is 14.5. The van der Waals surface area contributed by atoms with Crippen LogP contribution < -0.4 is 14.8 Å². The Morgan fingerprint density at radius 1 is 0.870 bits per heavy atom. The summed E-state index contributed by atoms with van der Waals surface area (Å²) < 4.78 is 28.1. The summed E-state index contributed by atoms with van der Waals surface area (Å²) in [5.41, 5.74) is 5.29. The van der Waals surface area contributed by atoms with Gasteiger partial charge < -0.3 is 43.9 Å². The average molecular weight is 745 g/mol. The summed E-state index contributed by atoms with van der Waals surface area (Å²) in [6.45, 7) is 10.4. The topological polar surface area (TPSA) is 153 Å². The molecule has 4 aromatic rings. The summed E-state index contributed by atoms with van der Waals surface area (Å²) in [4.78, 5) is 44.0. The largest absolute Gasteiger partial charge is 0.491 e. The molecule has 3 atom stereocenters. The lowest BCUT2D eigenvalue weighted by molar-refractivity contribution is -0.135. The van der Waals surface area contributed by atoms with Crippen LogP contribution in [0.4, 0.5) is 4.79 Å².